The third-order valence-corrected chi connectivity index (χ3v) is 6.87. The lowest BCUT2D eigenvalue weighted by Gasteiger charge is -2.27. The first-order valence-electron chi connectivity index (χ1n) is 12.0. The summed E-state index contributed by atoms with van der Waals surface area (Å²) in [6.07, 6.45) is 9.44. The lowest BCUT2D eigenvalue weighted by Crippen LogP contribution is -2.50. The van der Waals surface area contributed by atoms with Gasteiger partial charge < -0.3 is 10.6 Å². The summed E-state index contributed by atoms with van der Waals surface area (Å²) in [4.78, 5) is 38.6. The molecule has 0 aromatic carbocycles. The molecular formula is C23H28N8O4. The fourth-order valence-corrected chi connectivity index (χ4v) is 4.71. The second-order valence-corrected chi connectivity index (χ2v) is 9.33. The second kappa shape index (κ2) is 9.43. The molecule has 1 unspecified atom stereocenters. The SMILES string of the molecule is CCc1nonc1C(=O)N[C@H](C(=O)Nc1cnn(C(C)c2ccn[nH]c2=O)c1)C(C1CC1)C1CC1. The van der Waals surface area contributed by atoms with E-state index in [1.54, 1.807) is 16.9 Å². The van der Waals surface area contributed by atoms with E-state index in [1.807, 2.05) is 13.8 Å². The van der Waals surface area contributed by atoms with Crippen molar-refractivity contribution in [2.24, 2.45) is 17.8 Å². The Bertz CT molecular complexity index is 1260. The lowest BCUT2D eigenvalue weighted by atomic mass is 9.88. The molecule has 5 rings (SSSR count). The van der Waals surface area contributed by atoms with Crippen LogP contribution >= 0.6 is 0 Å². The smallest absolute Gasteiger partial charge is 0.276 e. The van der Waals surface area contributed by atoms with Crippen molar-refractivity contribution < 1.29 is 14.2 Å². The molecule has 3 aromatic heterocycles. The number of carbonyl (C=O) groups excluding carboxylic acids is 2. The monoisotopic (exact) mass is 480 g/mol. The van der Waals surface area contributed by atoms with Gasteiger partial charge in [-0.05, 0) is 68.0 Å². The van der Waals surface area contributed by atoms with Gasteiger partial charge in [-0.15, -0.1) is 0 Å². The number of amides is 2. The number of aryl methyl sites for hydroxylation is 1. The Morgan fingerprint density at radius 3 is 2.63 bits per heavy atom. The number of nitrogens with zero attached hydrogens (tertiary/aromatic N) is 5. The van der Waals surface area contributed by atoms with Gasteiger partial charge in [-0.2, -0.15) is 10.2 Å². The number of H-pyrrole nitrogens is 1. The number of aromatic nitrogens is 6. The van der Waals surface area contributed by atoms with Crippen molar-refractivity contribution >= 4 is 17.5 Å². The van der Waals surface area contributed by atoms with Crippen molar-refractivity contribution in [2.75, 3.05) is 5.32 Å². The first-order valence-corrected chi connectivity index (χ1v) is 12.0. The molecule has 0 saturated heterocycles. The predicted molar refractivity (Wildman–Crippen MR) is 123 cm³/mol. The molecule has 0 bridgehead atoms. The molecule has 12 nitrogen and oxygen atoms in total. The molecule has 3 aromatic rings. The first kappa shape index (κ1) is 22.9. The topological polar surface area (TPSA) is 161 Å². The van der Waals surface area contributed by atoms with Gasteiger partial charge in [0.25, 0.3) is 11.5 Å². The van der Waals surface area contributed by atoms with E-state index in [4.69, 9.17) is 4.63 Å². The molecule has 2 aliphatic carbocycles. The van der Waals surface area contributed by atoms with Crippen LogP contribution in [-0.2, 0) is 11.2 Å². The number of rotatable bonds is 10. The fraction of sp³-hybridized carbons (Fsp3) is 0.522. The van der Waals surface area contributed by atoms with Crippen LogP contribution in [0.5, 0.6) is 0 Å². The standard InChI is InChI=1S/C23H28N8O4/c1-3-17-19(30-35-29-17)22(33)27-20(18(13-4-5-13)14-6-7-14)23(34)26-15-10-25-31(11-15)12(2)16-8-9-24-28-21(16)32/h8-14,18,20H,3-7H2,1-2H3,(H,26,34)(H,27,33)(H,28,32)/t12?,20-/m0/s1. The summed E-state index contributed by atoms with van der Waals surface area (Å²) in [7, 11) is 0. The Morgan fingerprint density at radius 1 is 1.23 bits per heavy atom. The average molecular weight is 481 g/mol. The quantitative estimate of drug-likeness (QED) is 0.395. The normalized spacial score (nSPS) is 17.2. The third kappa shape index (κ3) is 4.86. The average Bonchev–Trinajstić information content (AvgIpc) is 3.78. The van der Waals surface area contributed by atoms with E-state index in [1.165, 1.54) is 12.4 Å². The van der Waals surface area contributed by atoms with Gasteiger partial charge in [-0.25, -0.2) is 9.73 Å². The van der Waals surface area contributed by atoms with Crippen LogP contribution < -0.4 is 16.2 Å². The highest BCUT2D eigenvalue weighted by molar-refractivity contribution is 6.00. The molecule has 0 spiro atoms. The highest BCUT2D eigenvalue weighted by Gasteiger charge is 2.48. The van der Waals surface area contributed by atoms with Crippen molar-refractivity contribution in [3.05, 3.63) is 52.0 Å². The molecule has 12 heteroatoms. The summed E-state index contributed by atoms with van der Waals surface area (Å²) in [5.41, 5.74) is 1.25. The summed E-state index contributed by atoms with van der Waals surface area (Å²) in [5, 5.41) is 23.8. The van der Waals surface area contributed by atoms with Crippen LogP contribution in [0.4, 0.5) is 5.69 Å². The van der Waals surface area contributed by atoms with Crippen molar-refractivity contribution in [3.63, 3.8) is 0 Å². The molecule has 3 heterocycles. The van der Waals surface area contributed by atoms with Gasteiger partial charge in [-0.1, -0.05) is 12.1 Å². The molecule has 3 N–H and O–H groups in total. The van der Waals surface area contributed by atoms with Crippen LogP contribution in [0.1, 0.15) is 67.3 Å². The zero-order valence-corrected chi connectivity index (χ0v) is 19.6. The minimum Gasteiger partial charge on any atom is -0.338 e. The number of carbonyl (C=O) groups is 2. The fourth-order valence-electron chi connectivity index (χ4n) is 4.71. The minimum atomic E-state index is -0.715. The Kier molecular flexibility index (Phi) is 6.18. The summed E-state index contributed by atoms with van der Waals surface area (Å²) in [5.74, 6) is 0.135. The van der Waals surface area contributed by atoms with E-state index in [-0.39, 0.29) is 29.1 Å². The van der Waals surface area contributed by atoms with E-state index < -0.39 is 11.9 Å². The highest BCUT2D eigenvalue weighted by Crippen LogP contribution is 2.50. The molecule has 2 fully saturated rings. The highest BCUT2D eigenvalue weighted by atomic mass is 16.6. The zero-order valence-electron chi connectivity index (χ0n) is 19.6. The van der Waals surface area contributed by atoms with Gasteiger partial charge in [0.1, 0.15) is 11.7 Å². The first-order chi connectivity index (χ1) is 17.0. The van der Waals surface area contributed by atoms with Crippen LogP contribution in [0.25, 0.3) is 0 Å². The van der Waals surface area contributed by atoms with Crippen molar-refractivity contribution in [1.29, 1.82) is 0 Å². The summed E-state index contributed by atoms with van der Waals surface area (Å²) in [6.45, 7) is 3.69. The molecule has 184 valence electrons. The minimum absolute atomic E-state index is 0.0632. The summed E-state index contributed by atoms with van der Waals surface area (Å²) >= 11 is 0. The molecule has 35 heavy (non-hydrogen) atoms. The molecule has 2 saturated carbocycles. The van der Waals surface area contributed by atoms with Gasteiger partial charge >= 0.3 is 0 Å². The molecule has 2 atom stereocenters. The van der Waals surface area contributed by atoms with E-state index in [2.05, 4.69) is 36.2 Å². The van der Waals surface area contributed by atoms with Crippen LogP contribution in [-0.4, -0.2) is 48.1 Å². The Balaban J connectivity index is 1.35. The third-order valence-electron chi connectivity index (χ3n) is 6.87. The van der Waals surface area contributed by atoms with E-state index in [9.17, 15) is 14.4 Å². The van der Waals surface area contributed by atoms with E-state index >= 15 is 0 Å². The van der Waals surface area contributed by atoms with E-state index in [0.29, 0.717) is 35.2 Å². The van der Waals surface area contributed by atoms with Crippen LogP contribution in [0.3, 0.4) is 0 Å². The zero-order chi connectivity index (χ0) is 24.5. The van der Waals surface area contributed by atoms with Gasteiger partial charge in [0.15, 0.2) is 5.69 Å². The molecule has 2 amide bonds. The van der Waals surface area contributed by atoms with Gasteiger partial charge in [-0.3, -0.25) is 19.1 Å². The maximum Gasteiger partial charge on any atom is 0.276 e. The Hall–Kier alpha value is -3.83. The van der Waals surface area contributed by atoms with Gasteiger partial charge in [0, 0.05) is 18.0 Å². The lowest BCUT2D eigenvalue weighted by molar-refractivity contribution is -0.119. The van der Waals surface area contributed by atoms with Crippen LogP contribution in [0.2, 0.25) is 0 Å². The number of nitrogens with one attached hydrogen (secondary N) is 3. The van der Waals surface area contributed by atoms with Gasteiger partial charge in [0.05, 0.1) is 17.9 Å². The molecule has 0 aliphatic heterocycles. The number of aromatic amines is 1. The Labute approximate surface area is 200 Å². The summed E-state index contributed by atoms with van der Waals surface area (Å²) in [6, 6.07) is 0.558. The molecular weight excluding hydrogens is 452 g/mol. The second-order valence-electron chi connectivity index (χ2n) is 9.33. The summed E-state index contributed by atoms with van der Waals surface area (Å²) < 4.78 is 6.34. The molecule has 0 radical (unpaired) electrons. The van der Waals surface area contributed by atoms with Crippen molar-refractivity contribution in [1.82, 2.24) is 35.6 Å². The Morgan fingerprint density at radius 2 is 1.97 bits per heavy atom. The number of hydrogen-bond donors (Lipinski definition) is 3. The molecule has 2 aliphatic rings. The van der Waals surface area contributed by atoms with Crippen LogP contribution in [0, 0.1) is 17.8 Å². The maximum absolute atomic E-state index is 13.5. The largest absolute Gasteiger partial charge is 0.338 e. The predicted octanol–water partition coefficient (Wildman–Crippen LogP) is 1.69. The number of anilines is 1. The number of hydrogen-bond acceptors (Lipinski definition) is 8. The van der Waals surface area contributed by atoms with Crippen molar-refractivity contribution in [2.45, 2.75) is 58.0 Å². The van der Waals surface area contributed by atoms with Crippen molar-refractivity contribution in [3.8, 4) is 0 Å². The van der Waals surface area contributed by atoms with Gasteiger partial charge in [0.2, 0.25) is 5.91 Å². The van der Waals surface area contributed by atoms with Crippen LogP contribution in [0.15, 0.2) is 34.1 Å². The van der Waals surface area contributed by atoms with E-state index in [0.717, 1.165) is 25.7 Å². The maximum atomic E-state index is 13.5.